The number of amides is 1. The summed E-state index contributed by atoms with van der Waals surface area (Å²) < 4.78 is 14.9. The number of ether oxygens (including phenoxy) is 3. The molecule has 30 heavy (non-hydrogen) atoms. The highest BCUT2D eigenvalue weighted by Gasteiger charge is 2.46. The Morgan fingerprint density at radius 3 is 2.10 bits per heavy atom. The number of carbonyl (C=O) groups is 4. The van der Waals surface area contributed by atoms with Gasteiger partial charge in [-0.3, -0.25) is 19.4 Å². The Balaban J connectivity index is 2.26. The van der Waals surface area contributed by atoms with E-state index < -0.39 is 36.4 Å². The van der Waals surface area contributed by atoms with Crippen LogP contribution >= 0.6 is 0 Å². The van der Waals surface area contributed by atoms with Gasteiger partial charge in [0.2, 0.25) is 0 Å². The second-order valence-corrected chi connectivity index (χ2v) is 7.76. The number of esters is 3. The number of allylic oxidation sites excluding steroid dienone is 1. The molecule has 0 aromatic carbocycles. The molecule has 0 aliphatic carbocycles. The summed E-state index contributed by atoms with van der Waals surface area (Å²) in [6.45, 7) is 6.57. The zero-order chi connectivity index (χ0) is 22.6. The van der Waals surface area contributed by atoms with Gasteiger partial charge in [-0.05, 0) is 47.0 Å². The largest absolute Gasteiger partial charge is 0.468 e. The summed E-state index contributed by atoms with van der Waals surface area (Å²) in [6.07, 6.45) is 2.82. The number of piperidine rings is 1. The van der Waals surface area contributed by atoms with E-state index in [2.05, 4.69) is 4.99 Å². The van der Waals surface area contributed by atoms with Crippen molar-refractivity contribution in [2.75, 3.05) is 20.8 Å². The third kappa shape index (κ3) is 4.71. The van der Waals surface area contributed by atoms with E-state index in [9.17, 15) is 19.2 Å². The first-order valence-electron chi connectivity index (χ1n) is 10.0. The smallest absolute Gasteiger partial charge is 0.336 e. The van der Waals surface area contributed by atoms with Crippen molar-refractivity contribution in [3.8, 4) is 0 Å². The number of carbonyl (C=O) groups excluding carboxylic acids is 4. The van der Waals surface area contributed by atoms with Crippen LogP contribution in [0.5, 0.6) is 0 Å². The minimum Gasteiger partial charge on any atom is -0.468 e. The zero-order valence-electron chi connectivity index (χ0n) is 18.4. The molecule has 2 aliphatic rings. The Hall–Kier alpha value is -2.71. The van der Waals surface area contributed by atoms with Crippen molar-refractivity contribution in [2.45, 2.75) is 59.0 Å². The van der Waals surface area contributed by atoms with E-state index in [1.807, 2.05) is 13.8 Å². The number of methoxy groups -OCH3 is 2. The lowest BCUT2D eigenvalue weighted by atomic mass is 9.80. The quantitative estimate of drug-likeness (QED) is 0.489. The topological polar surface area (TPSA) is 112 Å². The van der Waals surface area contributed by atoms with E-state index in [1.165, 1.54) is 14.2 Å². The Kier molecular flexibility index (Phi) is 7.75. The van der Waals surface area contributed by atoms with E-state index >= 15 is 0 Å². The lowest BCUT2D eigenvalue weighted by Gasteiger charge is -2.39. The van der Waals surface area contributed by atoms with Gasteiger partial charge >= 0.3 is 17.9 Å². The van der Waals surface area contributed by atoms with Gasteiger partial charge in [-0.25, -0.2) is 4.79 Å². The van der Waals surface area contributed by atoms with Gasteiger partial charge in [0.15, 0.2) is 6.61 Å². The number of hydrogen-bond donors (Lipinski definition) is 0. The van der Waals surface area contributed by atoms with E-state index in [0.717, 1.165) is 19.3 Å². The standard InChI is InChI=1S/C21H30N2O7/c1-11-8-7-9-12(2)23(11)15(24)10-30-21(27)18-16(19(25)28-5)13(3)22-14(4)17(18)20(26)29-6/h11-12,16,18H,7-10H2,1-6H3/t11-,12-,16?,18-/m1/s1. The van der Waals surface area contributed by atoms with Crippen LogP contribution < -0.4 is 0 Å². The van der Waals surface area contributed by atoms with E-state index in [0.29, 0.717) is 5.71 Å². The maximum atomic E-state index is 13.0. The van der Waals surface area contributed by atoms with Gasteiger partial charge in [-0.15, -0.1) is 0 Å². The lowest BCUT2D eigenvalue weighted by molar-refractivity contribution is -0.161. The van der Waals surface area contributed by atoms with Crippen molar-refractivity contribution < 1.29 is 33.4 Å². The number of likely N-dealkylation sites (tertiary alicyclic amines) is 1. The number of hydrogen-bond acceptors (Lipinski definition) is 8. The summed E-state index contributed by atoms with van der Waals surface area (Å²) >= 11 is 0. The molecule has 0 N–H and O–H groups in total. The third-order valence-corrected chi connectivity index (χ3v) is 5.76. The molecule has 0 aromatic heterocycles. The van der Waals surface area contributed by atoms with Crippen LogP contribution in [0.25, 0.3) is 0 Å². The highest BCUT2D eigenvalue weighted by molar-refractivity contribution is 6.10. The van der Waals surface area contributed by atoms with E-state index in [-0.39, 0.29) is 29.3 Å². The predicted octanol–water partition coefficient (Wildman–Crippen LogP) is 1.65. The second kappa shape index (κ2) is 9.86. The van der Waals surface area contributed by atoms with Crippen molar-refractivity contribution in [2.24, 2.45) is 16.8 Å². The molecule has 2 aliphatic heterocycles. The first kappa shape index (κ1) is 23.6. The Morgan fingerprint density at radius 2 is 1.57 bits per heavy atom. The summed E-state index contributed by atoms with van der Waals surface area (Å²) in [5, 5.41) is 0. The van der Waals surface area contributed by atoms with Gasteiger partial charge in [-0.1, -0.05) is 0 Å². The highest BCUT2D eigenvalue weighted by atomic mass is 16.5. The average Bonchev–Trinajstić information content (AvgIpc) is 2.70. The molecule has 0 aromatic rings. The molecular weight excluding hydrogens is 392 g/mol. The Labute approximate surface area is 176 Å². The molecule has 0 radical (unpaired) electrons. The van der Waals surface area contributed by atoms with E-state index in [1.54, 1.807) is 18.7 Å². The summed E-state index contributed by atoms with van der Waals surface area (Å²) in [7, 11) is 2.36. The first-order valence-corrected chi connectivity index (χ1v) is 10.0. The van der Waals surface area contributed by atoms with Crippen LogP contribution in [0.4, 0.5) is 0 Å². The van der Waals surface area contributed by atoms with Crippen LogP contribution in [0.1, 0.15) is 47.0 Å². The van der Waals surface area contributed by atoms with Crippen LogP contribution in [0.2, 0.25) is 0 Å². The Morgan fingerprint density at radius 1 is 0.967 bits per heavy atom. The molecular formula is C21H30N2O7. The molecule has 1 unspecified atom stereocenters. The first-order chi connectivity index (χ1) is 14.1. The molecule has 0 saturated carbocycles. The summed E-state index contributed by atoms with van der Waals surface area (Å²) in [5.41, 5.74) is 0.500. The van der Waals surface area contributed by atoms with Crippen LogP contribution in [-0.2, 0) is 33.4 Å². The van der Waals surface area contributed by atoms with Crippen molar-refractivity contribution >= 4 is 29.5 Å². The molecule has 1 amide bonds. The molecule has 1 saturated heterocycles. The predicted molar refractivity (Wildman–Crippen MR) is 107 cm³/mol. The summed E-state index contributed by atoms with van der Waals surface area (Å²) in [5.74, 6) is -5.13. The third-order valence-electron chi connectivity index (χ3n) is 5.76. The Bertz CT molecular complexity index is 776. The zero-order valence-corrected chi connectivity index (χ0v) is 18.4. The highest BCUT2D eigenvalue weighted by Crippen LogP contribution is 2.33. The molecule has 2 heterocycles. The number of rotatable bonds is 5. The van der Waals surface area contributed by atoms with Gasteiger partial charge in [-0.2, -0.15) is 0 Å². The van der Waals surface area contributed by atoms with Crippen LogP contribution in [0.15, 0.2) is 16.3 Å². The maximum absolute atomic E-state index is 13.0. The molecule has 1 fully saturated rings. The fourth-order valence-electron chi connectivity index (χ4n) is 4.31. The molecule has 9 nitrogen and oxygen atoms in total. The van der Waals surface area contributed by atoms with Gasteiger partial charge in [0.25, 0.3) is 5.91 Å². The maximum Gasteiger partial charge on any atom is 0.336 e. The van der Waals surface area contributed by atoms with Crippen molar-refractivity contribution in [3.05, 3.63) is 11.3 Å². The van der Waals surface area contributed by atoms with Crippen molar-refractivity contribution in [1.82, 2.24) is 4.90 Å². The fourth-order valence-corrected chi connectivity index (χ4v) is 4.31. The normalized spacial score (nSPS) is 26.6. The second-order valence-electron chi connectivity index (χ2n) is 7.76. The monoisotopic (exact) mass is 422 g/mol. The number of aliphatic imine (C=N–C) groups is 1. The average molecular weight is 422 g/mol. The van der Waals surface area contributed by atoms with Crippen LogP contribution in [0.3, 0.4) is 0 Å². The van der Waals surface area contributed by atoms with Crippen molar-refractivity contribution in [3.63, 3.8) is 0 Å². The molecule has 0 spiro atoms. The SMILES string of the molecule is COC(=O)C1=C(C)N=C(C)C(C(=O)OC)[C@H]1C(=O)OCC(=O)N1[C@H](C)CCC[C@H]1C. The van der Waals surface area contributed by atoms with Gasteiger partial charge in [0.05, 0.1) is 19.8 Å². The van der Waals surface area contributed by atoms with Crippen LogP contribution in [-0.4, -0.2) is 67.3 Å². The minimum absolute atomic E-state index is 0.0552. The fraction of sp³-hybridized carbons (Fsp3) is 0.667. The summed E-state index contributed by atoms with van der Waals surface area (Å²) in [4.78, 5) is 56.4. The molecule has 166 valence electrons. The lowest BCUT2D eigenvalue weighted by Crippen LogP contribution is -2.49. The van der Waals surface area contributed by atoms with Crippen LogP contribution in [0, 0.1) is 11.8 Å². The molecule has 4 atom stereocenters. The van der Waals surface area contributed by atoms with Crippen molar-refractivity contribution in [1.29, 1.82) is 0 Å². The van der Waals surface area contributed by atoms with Gasteiger partial charge in [0, 0.05) is 23.5 Å². The molecule has 9 heteroatoms. The van der Waals surface area contributed by atoms with E-state index in [4.69, 9.17) is 14.2 Å². The molecule has 0 bridgehead atoms. The summed E-state index contributed by atoms with van der Waals surface area (Å²) in [6, 6.07) is 0.110. The molecule has 2 rings (SSSR count). The van der Waals surface area contributed by atoms with Gasteiger partial charge < -0.3 is 19.1 Å². The van der Waals surface area contributed by atoms with Gasteiger partial charge in [0.1, 0.15) is 11.8 Å². The minimum atomic E-state index is -1.30. The number of nitrogens with zero attached hydrogens (tertiary/aromatic N) is 2.